The van der Waals surface area contributed by atoms with E-state index in [9.17, 15) is 14.9 Å². The predicted molar refractivity (Wildman–Crippen MR) is 90.1 cm³/mol. The van der Waals surface area contributed by atoms with Crippen LogP contribution in [0.1, 0.15) is 24.8 Å². The minimum Gasteiger partial charge on any atom is -0.308 e. The molecule has 1 saturated heterocycles. The molecule has 0 spiro atoms. The third-order valence-electron chi connectivity index (χ3n) is 4.53. The van der Waals surface area contributed by atoms with E-state index in [4.69, 9.17) is 0 Å². The van der Waals surface area contributed by atoms with Crippen LogP contribution in [0.25, 0.3) is 0 Å². The number of hydrogen-bond acceptors (Lipinski definition) is 5. The molecule has 1 fully saturated rings. The molecule has 3 rings (SSSR count). The quantitative estimate of drug-likeness (QED) is 0.623. The number of aromatic nitrogens is 1. The molecular weight excluding hydrogens is 314 g/mol. The van der Waals surface area contributed by atoms with Crippen molar-refractivity contribution in [3.8, 4) is 0 Å². The minimum atomic E-state index is -0.471. The highest BCUT2D eigenvalue weighted by Crippen LogP contribution is 2.32. The fraction of sp³-hybridized carbons (Fsp3) is 0.438. The van der Waals surface area contributed by atoms with Crippen molar-refractivity contribution in [3.05, 3.63) is 61.2 Å². The van der Waals surface area contributed by atoms with Crippen LogP contribution in [0.3, 0.4) is 0 Å². The van der Waals surface area contributed by atoms with Crippen molar-refractivity contribution < 1.29 is 4.92 Å². The highest BCUT2D eigenvalue weighted by atomic mass is 32.1. The van der Waals surface area contributed by atoms with Crippen LogP contribution < -0.4 is 5.56 Å². The molecule has 0 unspecified atom stereocenters. The molecule has 1 aliphatic heterocycles. The van der Waals surface area contributed by atoms with Gasteiger partial charge in [0.2, 0.25) is 0 Å². The first-order chi connectivity index (χ1) is 11.0. The average molecular weight is 333 g/mol. The van der Waals surface area contributed by atoms with Gasteiger partial charge in [-0.1, -0.05) is 0 Å². The van der Waals surface area contributed by atoms with Crippen LogP contribution in [0.15, 0.2) is 40.0 Å². The summed E-state index contributed by atoms with van der Waals surface area (Å²) in [4.78, 5) is 24.6. The number of rotatable bonds is 5. The smallest absolute Gasteiger partial charge is 0.285 e. The summed E-state index contributed by atoms with van der Waals surface area (Å²) in [6.45, 7) is 4.37. The molecule has 7 heteroatoms. The first kappa shape index (κ1) is 15.9. The van der Waals surface area contributed by atoms with Gasteiger partial charge in [0.25, 0.3) is 11.2 Å². The second-order valence-corrected chi connectivity index (χ2v) is 6.79. The molecule has 0 bridgehead atoms. The van der Waals surface area contributed by atoms with Gasteiger partial charge < -0.3 is 4.57 Å². The lowest BCUT2D eigenvalue weighted by Gasteiger charge is -2.21. The topological polar surface area (TPSA) is 68.4 Å². The Balaban J connectivity index is 1.66. The molecule has 0 saturated carbocycles. The van der Waals surface area contributed by atoms with Crippen molar-refractivity contribution in [2.45, 2.75) is 31.8 Å². The van der Waals surface area contributed by atoms with Crippen LogP contribution in [0.2, 0.25) is 0 Å². The molecule has 0 aromatic carbocycles. The van der Waals surface area contributed by atoms with Crippen LogP contribution >= 0.6 is 11.3 Å². The Hall–Kier alpha value is -1.99. The SMILES string of the molecule is C[C@@H]1C[C@@H](c2ccsc2)CN1CCn1cc([N+](=O)[O-])ccc1=O. The summed E-state index contributed by atoms with van der Waals surface area (Å²) < 4.78 is 1.43. The number of nitrogens with zero attached hydrogens (tertiary/aromatic N) is 3. The highest BCUT2D eigenvalue weighted by molar-refractivity contribution is 7.07. The molecule has 2 atom stereocenters. The van der Waals surface area contributed by atoms with Crippen molar-refractivity contribution in [2.24, 2.45) is 0 Å². The molecule has 0 N–H and O–H groups in total. The molecule has 6 nitrogen and oxygen atoms in total. The van der Waals surface area contributed by atoms with E-state index in [1.165, 1.54) is 28.5 Å². The fourth-order valence-electron chi connectivity index (χ4n) is 3.20. The van der Waals surface area contributed by atoms with Crippen LogP contribution in [0.5, 0.6) is 0 Å². The molecule has 3 heterocycles. The van der Waals surface area contributed by atoms with E-state index in [2.05, 4.69) is 28.7 Å². The first-order valence-corrected chi connectivity index (χ1v) is 8.60. The highest BCUT2D eigenvalue weighted by Gasteiger charge is 2.29. The van der Waals surface area contributed by atoms with Crippen molar-refractivity contribution in [3.63, 3.8) is 0 Å². The summed E-state index contributed by atoms with van der Waals surface area (Å²) in [5, 5.41) is 15.1. The minimum absolute atomic E-state index is 0.0461. The van der Waals surface area contributed by atoms with E-state index in [0.717, 1.165) is 19.5 Å². The third-order valence-corrected chi connectivity index (χ3v) is 5.23. The summed E-state index contributed by atoms with van der Waals surface area (Å²) >= 11 is 1.72. The lowest BCUT2D eigenvalue weighted by molar-refractivity contribution is -0.385. The van der Waals surface area contributed by atoms with Crippen LogP contribution in [-0.4, -0.2) is 33.5 Å². The lowest BCUT2D eigenvalue weighted by Crippen LogP contribution is -2.33. The molecule has 0 amide bonds. The maximum absolute atomic E-state index is 11.9. The molecule has 23 heavy (non-hydrogen) atoms. The van der Waals surface area contributed by atoms with Crippen molar-refractivity contribution in [1.82, 2.24) is 9.47 Å². The van der Waals surface area contributed by atoms with Crippen molar-refractivity contribution >= 4 is 17.0 Å². The Labute approximate surface area is 138 Å². The van der Waals surface area contributed by atoms with Gasteiger partial charge in [-0.05, 0) is 41.7 Å². The number of thiophene rings is 1. The molecule has 2 aromatic heterocycles. The van der Waals surface area contributed by atoms with Gasteiger partial charge in [0.05, 0.1) is 11.1 Å². The first-order valence-electron chi connectivity index (χ1n) is 7.65. The number of nitro groups is 1. The van der Waals surface area contributed by atoms with Crippen LogP contribution in [0.4, 0.5) is 5.69 Å². The van der Waals surface area contributed by atoms with Gasteiger partial charge in [-0.25, -0.2) is 0 Å². The van der Waals surface area contributed by atoms with Gasteiger partial charge in [0, 0.05) is 37.8 Å². The summed E-state index contributed by atoms with van der Waals surface area (Å²) in [5.41, 5.74) is 1.14. The van der Waals surface area contributed by atoms with E-state index in [-0.39, 0.29) is 11.2 Å². The largest absolute Gasteiger partial charge is 0.308 e. The Morgan fingerprint density at radius 3 is 2.87 bits per heavy atom. The Morgan fingerprint density at radius 2 is 2.17 bits per heavy atom. The standard InChI is InChI=1S/C16H19N3O3S/c1-12-8-14(13-4-7-23-11-13)9-17(12)5-6-18-10-15(19(21)22)2-3-16(18)20/h2-4,7,10-12,14H,5-6,8-9H2,1H3/t12-,14-/m1/s1. The average Bonchev–Trinajstić information content (AvgIpc) is 3.16. The van der Waals surface area contributed by atoms with Crippen molar-refractivity contribution in [1.29, 1.82) is 0 Å². The van der Waals surface area contributed by atoms with Gasteiger partial charge in [0.15, 0.2) is 0 Å². The Bertz CT molecular complexity index is 741. The maximum Gasteiger partial charge on any atom is 0.285 e. The lowest BCUT2D eigenvalue weighted by atomic mass is 10.00. The van der Waals surface area contributed by atoms with Gasteiger partial charge in [0.1, 0.15) is 0 Å². The number of hydrogen-bond donors (Lipinski definition) is 0. The zero-order valence-electron chi connectivity index (χ0n) is 12.9. The van der Waals surface area contributed by atoms with Gasteiger partial charge >= 0.3 is 0 Å². The summed E-state index contributed by atoms with van der Waals surface area (Å²) in [6.07, 6.45) is 2.44. The molecule has 122 valence electrons. The van der Waals surface area contributed by atoms with Crippen molar-refractivity contribution in [2.75, 3.05) is 13.1 Å². The second kappa shape index (κ2) is 6.64. The fourth-order valence-corrected chi connectivity index (χ4v) is 3.94. The van der Waals surface area contributed by atoms with Gasteiger partial charge in [-0.2, -0.15) is 11.3 Å². The second-order valence-electron chi connectivity index (χ2n) is 6.01. The number of likely N-dealkylation sites (tertiary alicyclic amines) is 1. The third kappa shape index (κ3) is 3.51. The Kier molecular flexibility index (Phi) is 4.58. The summed E-state index contributed by atoms with van der Waals surface area (Å²) in [5.74, 6) is 0.540. The van der Waals surface area contributed by atoms with E-state index < -0.39 is 4.92 Å². The monoisotopic (exact) mass is 333 g/mol. The molecule has 0 aliphatic carbocycles. The molecular formula is C16H19N3O3S. The van der Waals surface area contributed by atoms with E-state index in [1.54, 1.807) is 11.3 Å². The van der Waals surface area contributed by atoms with E-state index in [1.807, 2.05) is 0 Å². The van der Waals surface area contributed by atoms with E-state index in [0.29, 0.717) is 18.5 Å². The van der Waals surface area contributed by atoms with E-state index >= 15 is 0 Å². The van der Waals surface area contributed by atoms with Gasteiger partial charge in [-0.3, -0.25) is 19.8 Å². The summed E-state index contributed by atoms with van der Waals surface area (Å²) in [6, 6.07) is 5.15. The molecule has 1 aliphatic rings. The van der Waals surface area contributed by atoms with Gasteiger partial charge in [-0.15, -0.1) is 0 Å². The zero-order valence-corrected chi connectivity index (χ0v) is 13.7. The van der Waals surface area contributed by atoms with Crippen LogP contribution in [0, 0.1) is 10.1 Å². The van der Waals surface area contributed by atoms with Crippen LogP contribution in [-0.2, 0) is 6.54 Å². The maximum atomic E-state index is 11.9. The molecule has 2 aromatic rings. The number of pyridine rings is 1. The normalized spacial score (nSPS) is 21.6. The summed E-state index contributed by atoms with van der Waals surface area (Å²) in [7, 11) is 0. The molecule has 0 radical (unpaired) electrons. The zero-order chi connectivity index (χ0) is 16.4. The Morgan fingerprint density at radius 1 is 1.35 bits per heavy atom. The predicted octanol–water partition coefficient (Wildman–Crippen LogP) is 2.70.